The van der Waals surface area contributed by atoms with Crippen LogP contribution in [0.3, 0.4) is 0 Å². The molecule has 0 amide bonds. The number of carbonyl (C=O) groups is 1. The lowest BCUT2D eigenvalue weighted by Crippen LogP contribution is -2.14. The van der Waals surface area contributed by atoms with E-state index in [1.165, 1.54) is 6.20 Å². The number of anilines is 1. The number of hydrogen-bond acceptors (Lipinski definition) is 5. The van der Waals surface area contributed by atoms with E-state index in [4.69, 9.17) is 9.84 Å². The van der Waals surface area contributed by atoms with E-state index in [1.807, 2.05) is 31.2 Å². The van der Waals surface area contributed by atoms with Crippen LogP contribution in [0.2, 0.25) is 0 Å². The van der Waals surface area contributed by atoms with E-state index in [1.54, 1.807) is 6.92 Å². The molecule has 2 N–H and O–H groups in total. The van der Waals surface area contributed by atoms with Crippen molar-refractivity contribution in [1.29, 1.82) is 0 Å². The van der Waals surface area contributed by atoms with E-state index >= 15 is 0 Å². The van der Waals surface area contributed by atoms with Crippen LogP contribution < -0.4 is 10.1 Å². The molecule has 6 nitrogen and oxygen atoms in total. The largest absolute Gasteiger partial charge is 0.492 e. The van der Waals surface area contributed by atoms with Gasteiger partial charge >= 0.3 is 5.97 Å². The highest BCUT2D eigenvalue weighted by atomic mass is 16.5. The molecular weight excluding hydrogens is 270 g/mol. The van der Waals surface area contributed by atoms with Gasteiger partial charge in [-0.05, 0) is 31.5 Å². The Hall–Kier alpha value is -2.63. The van der Waals surface area contributed by atoms with E-state index in [0.29, 0.717) is 24.8 Å². The van der Waals surface area contributed by atoms with Gasteiger partial charge in [0.25, 0.3) is 0 Å². The number of carboxylic acids is 1. The Morgan fingerprint density at radius 3 is 2.86 bits per heavy atom. The molecule has 0 aliphatic heterocycles. The molecule has 110 valence electrons. The van der Waals surface area contributed by atoms with Gasteiger partial charge in [-0.1, -0.05) is 12.1 Å². The number of benzene rings is 1. The average Bonchev–Trinajstić information content (AvgIpc) is 2.43. The van der Waals surface area contributed by atoms with Crippen LogP contribution >= 0.6 is 0 Å². The second-order valence-corrected chi connectivity index (χ2v) is 4.59. The first-order chi connectivity index (χ1) is 10.1. The average molecular weight is 287 g/mol. The number of rotatable bonds is 6. The Bertz CT molecular complexity index is 644. The summed E-state index contributed by atoms with van der Waals surface area (Å²) in [5, 5.41) is 11.9. The molecule has 21 heavy (non-hydrogen) atoms. The first-order valence-corrected chi connectivity index (χ1v) is 6.56. The van der Waals surface area contributed by atoms with E-state index in [-0.39, 0.29) is 5.56 Å². The molecule has 0 unspecified atom stereocenters. The van der Waals surface area contributed by atoms with Crippen LogP contribution in [0.1, 0.15) is 21.6 Å². The zero-order valence-corrected chi connectivity index (χ0v) is 12.0. The van der Waals surface area contributed by atoms with E-state index in [9.17, 15) is 4.79 Å². The van der Waals surface area contributed by atoms with Crippen molar-refractivity contribution in [2.24, 2.45) is 0 Å². The number of carboxylic acid groups (broad SMARTS) is 1. The predicted octanol–water partition coefficient (Wildman–Crippen LogP) is 2.28. The fourth-order valence-electron chi connectivity index (χ4n) is 1.80. The second kappa shape index (κ2) is 6.69. The summed E-state index contributed by atoms with van der Waals surface area (Å²) in [7, 11) is 0. The number of aromatic nitrogens is 2. The van der Waals surface area contributed by atoms with Gasteiger partial charge in [0.2, 0.25) is 5.95 Å². The third kappa shape index (κ3) is 4.17. The van der Waals surface area contributed by atoms with Crippen LogP contribution in [0.4, 0.5) is 5.95 Å². The summed E-state index contributed by atoms with van der Waals surface area (Å²) < 4.78 is 5.59. The van der Waals surface area contributed by atoms with Crippen LogP contribution in [-0.2, 0) is 0 Å². The molecule has 1 heterocycles. The van der Waals surface area contributed by atoms with Gasteiger partial charge in [0.05, 0.1) is 17.8 Å². The Labute approximate surface area is 122 Å². The summed E-state index contributed by atoms with van der Waals surface area (Å²) in [6, 6.07) is 7.80. The summed E-state index contributed by atoms with van der Waals surface area (Å²) in [5.74, 6) is 0.183. The van der Waals surface area contributed by atoms with Gasteiger partial charge in [-0.15, -0.1) is 0 Å². The number of ether oxygens (including phenoxy) is 1. The monoisotopic (exact) mass is 287 g/mol. The Morgan fingerprint density at radius 1 is 1.38 bits per heavy atom. The summed E-state index contributed by atoms with van der Waals surface area (Å²) in [6.07, 6.45) is 1.30. The minimum absolute atomic E-state index is 0.108. The summed E-state index contributed by atoms with van der Waals surface area (Å²) >= 11 is 0. The molecule has 0 aliphatic carbocycles. The van der Waals surface area contributed by atoms with Crippen LogP contribution in [0, 0.1) is 13.8 Å². The molecule has 0 fully saturated rings. The molecule has 0 bridgehead atoms. The van der Waals surface area contributed by atoms with Crippen molar-refractivity contribution in [3.05, 3.63) is 47.3 Å². The zero-order chi connectivity index (χ0) is 15.2. The molecule has 0 saturated carbocycles. The van der Waals surface area contributed by atoms with Gasteiger partial charge in [-0.3, -0.25) is 0 Å². The van der Waals surface area contributed by atoms with Crippen molar-refractivity contribution in [2.75, 3.05) is 18.5 Å². The SMILES string of the molecule is Cc1cccc(OCCNc2ncc(C(=O)O)c(C)n2)c1. The molecule has 0 saturated heterocycles. The molecule has 2 aromatic rings. The molecule has 6 heteroatoms. The van der Waals surface area contributed by atoms with Crippen LogP contribution in [-0.4, -0.2) is 34.2 Å². The smallest absolute Gasteiger partial charge is 0.339 e. The molecule has 2 rings (SSSR count). The van der Waals surface area contributed by atoms with Crippen LogP contribution in [0.15, 0.2) is 30.5 Å². The quantitative estimate of drug-likeness (QED) is 0.793. The lowest BCUT2D eigenvalue weighted by Gasteiger charge is -2.09. The fourth-order valence-corrected chi connectivity index (χ4v) is 1.80. The number of hydrogen-bond donors (Lipinski definition) is 2. The highest BCUT2D eigenvalue weighted by molar-refractivity contribution is 5.88. The lowest BCUT2D eigenvalue weighted by molar-refractivity contribution is 0.0695. The van der Waals surface area contributed by atoms with Crippen molar-refractivity contribution < 1.29 is 14.6 Å². The minimum atomic E-state index is -1.03. The third-order valence-electron chi connectivity index (χ3n) is 2.85. The molecule has 1 aromatic carbocycles. The minimum Gasteiger partial charge on any atom is -0.492 e. The van der Waals surface area contributed by atoms with E-state index in [0.717, 1.165) is 11.3 Å². The van der Waals surface area contributed by atoms with Gasteiger partial charge in [0, 0.05) is 6.20 Å². The van der Waals surface area contributed by atoms with Crippen LogP contribution in [0.5, 0.6) is 5.75 Å². The van der Waals surface area contributed by atoms with Crippen LogP contribution in [0.25, 0.3) is 0 Å². The fraction of sp³-hybridized carbons (Fsp3) is 0.267. The summed E-state index contributed by atoms with van der Waals surface area (Å²) in [5.41, 5.74) is 1.68. The first-order valence-electron chi connectivity index (χ1n) is 6.56. The molecule has 0 spiro atoms. The van der Waals surface area contributed by atoms with Gasteiger partial charge in [-0.25, -0.2) is 14.8 Å². The maximum atomic E-state index is 10.9. The van der Waals surface area contributed by atoms with Gasteiger partial charge in [0.1, 0.15) is 12.4 Å². The summed E-state index contributed by atoms with van der Waals surface area (Å²) in [6.45, 7) is 4.64. The number of nitrogens with one attached hydrogen (secondary N) is 1. The first kappa shape index (κ1) is 14.8. The Morgan fingerprint density at radius 2 is 2.19 bits per heavy atom. The van der Waals surface area contributed by atoms with Crippen molar-refractivity contribution >= 4 is 11.9 Å². The standard InChI is InChI=1S/C15H17N3O3/c1-10-4-3-5-12(8-10)21-7-6-16-15-17-9-13(14(19)20)11(2)18-15/h3-5,8-9H,6-7H2,1-2H3,(H,19,20)(H,16,17,18). The van der Waals surface area contributed by atoms with Gasteiger partial charge in [-0.2, -0.15) is 0 Å². The van der Waals surface area contributed by atoms with Crippen molar-refractivity contribution in [1.82, 2.24) is 9.97 Å². The summed E-state index contributed by atoms with van der Waals surface area (Å²) in [4.78, 5) is 18.9. The molecule has 0 atom stereocenters. The molecule has 0 aliphatic rings. The zero-order valence-electron chi connectivity index (χ0n) is 12.0. The lowest BCUT2D eigenvalue weighted by atomic mass is 10.2. The normalized spacial score (nSPS) is 10.2. The third-order valence-corrected chi connectivity index (χ3v) is 2.85. The molecule has 1 aromatic heterocycles. The van der Waals surface area contributed by atoms with Gasteiger partial charge in [0.15, 0.2) is 0 Å². The maximum absolute atomic E-state index is 10.9. The number of aromatic carboxylic acids is 1. The maximum Gasteiger partial charge on any atom is 0.339 e. The Kier molecular flexibility index (Phi) is 4.71. The van der Waals surface area contributed by atoms with Crippen molar-refractivity contribution in [3.8, 4) is 5.75 Å². The van der Waals surface area contributed by atoms with Crippen molar-refractivity contribution in [3.63, 3.8) is 0 Å². The molecular formula is C15H17N3O3. The van der Waals surface area contributed by atoms with Crippen molar-refractivity contribution in [2.45, 2.75) is 13.8 Å². The predicted molar refractivity (Wildman–Crippen MR) is 78.9 cm³/mol. The Balaban J connectivity index is 1.84. The van der Waals surface area contributed by atoms with E-state index < -0.39 is 5.97 Å². The second-order valence-electron chi connectivity index (χ2n) is 4.59. The number of aryl methyl sites for hydroxylation is 2. The highest BCUT2D eigenvalue weighted by Gasteiger charge is 2.09. The van der Waals surface area contributed by atoms with E-state index in [2.05, 4.69) is 15.3 Å². The molecule has 0 radical (unpaired) electrons. The number of nitrogens with zero attached hydrogens (tertiary/aromatic N) is 2. The topological polar surface area (TPSA) is 84.3 Å². The van der Waals surface area contributed by atoms with Gasteiger partial charge < -0.3 is 15.2 Å². The highest BCUT2D eigenvalue weighted by Crippen LogP contribution is 2.12.